The van der Waals surface area contributed by atoms with Gasteiger partial charge in [-0.2, -0.15) is 0 Å². The van der Waals surface area contributed by atoms with Gasteiger partial charge in [0.05, 0.1) is 12.3 Å². The third-order valence-electron chi connectivity index (χ3n) is 5.27. The third kappa shape index (κ3) is 9.11. The van der Waals surface area contributed by atoms with Crippen LogP contribution in [0.15, 0.2) is 29.3 Å². The van der Waals surface area contributed by atoms with Crippen LogP contribution in [0, 0.1) is 11.8 Å². The van der Waals surface area contributed by atoms with E-state index >= 15 is 0 Å². The van der Waals surface area contributed by atoms with Crippen LogP contribution in [-0.4, -0.2) is 33.2 Å². The first-order chi connectivity index (χ1) is 12.8. The Labute approximate surface area is 188 Å². The molecule has 0 saturated heterocycles. The molecule has 28 heavy (non-hydrogen) atoms. The molecule has 0 radical (unpaired) electrons. The summed E-state index contributed by atoms with van der Waals surface area (Å²) in [5.74, 6) is 2.58. The van der Waals surface area contributed by atoms with E-state index in [2.05, 4.69) is 31.4 Å². The van der Waals surface area contributed by atoms with Gasteiger partial charge in [0.1, 0.15) is 0 Å². The molecule has 7 heteroatoms. The molecule has 0 aliphatic heterocycles. The Morgan fingerprint density at radius 3 is 2.18 bits per heavy atom. The zero-order chi connectivity index (χ0) is 19.9. The maximum Gasteiger partial charge on any atom is 0.191 e. The molecule has 0 unspecified atom stereocenters. The first kappa shape index (κ1) is 25.2. The number of halogens is 1. The van der Waals surface area contributed by atoms with Crippen LogP contribution in [0.2, 0.25) is 0 Å². The van der Waals surface area contributed by atoms with Crippen molar-refractivity contribution in [3.05, 3.63) is 35.4 Å². The van der Waals surface area contributed by atoms with Gasteiger partial charge in [-0.1, -0.05) is 38.1 Å². The molecule has 0 heterocycles. The molecule has 0 aromatic heterocycles. The number of hydrogen-bond acceptors (Lipinski definition) is 3. The van der Waals surface area contributed by atoms with E-state index in [1.807, 2.05) is 24.3 Å². The van der Waals surface area contributed by atoms with Gasteiger partial charge in [-0.3, -0.25) is 0 Å². The summed E-state index contributed by atoms with van der Waals surface area (Å²) in [6.45, 7) is 8.14. The number of sulfone groups is 1. The molecule has 1 aromatic carbocycles. The molecule has 1 aliphatic rings. The van der Waals surface area contributed by atoms with E-state index in [-0.39, 0.29) is 29.7 Å². The number of guanidine groups is 1. The zero-order valence-electron chi connectivity index (χ0n) is 17.6. The summed E-state index contributed by atoms with van der Waals surface area (Å²) < 4.78 is 22.8. The van der Waals surface area contributed by atoms with Crippen molar-refractivity contribution in [2.24, 2.45) is 16.8 Å². The van der Waals surface area contributed by atoms with Crippen molar-refractivity contribution in [3.8, 4) is 0 Å². The van der Waals surface area contributed by atoms with E-state index in [1.54, 1.807) is 0 Å². The lowest BCUT2D eigenvalue weighted by molar-refractivity contribution is 0.250. The van der Waals surface area contributed by atoms with E-state index in [0.717, 1.165) is 35.5 Å². The fourth-order valence-corrected chi connectivity index (χ4v) is 4.46. The van der Waals surface area contributed by atoms with Crippen molar-refractivity contribution in [2.45, 2.75) is 64.8 Å². The van der Waals surface area contributed by atoms with Gasteiger partial charge >= 0.3 is 0 Å². The standard InChI is InChI=1S/C21H35N3O2S.HI/c1-5-22-21(24-20-12-10-19(11-13-20)16(2)3)23-14-17-6-8-18(9-7-17)15-27(4,25)26;/h6-9,16,19-20H,5,10-15H2,1-4H3,(H2,22,23,24);1H. The van der Waals surface area contributed by atoms with E-state index in [1.165, 1.54) is 31.9 Å². The number of nitrogens with one attached hydrogen (secondary N) is 2. The molecule has 0 bridgehead atoms. The number of rotatable bonds is 7. The van der Waals surface area contributed by atoms with Gasteiger partial charge < -0.3 is 10.6 Å². The van der Waals surface area contributed by atoms with Crippen molar-refractivity contribution in [2.75, 3.05) is 12.8 Å². The van der Waals surface area contributed by atoms with Crippen molar-refractivity contribution < 1.29 is 8.42 Å². The Bertz CT molecular complexity index is 710. The van der Waals surface area contributed by atoms with Crippen LogP contribution in [0.5, 0.6) is 0 Å². The van der Waals surface area contributed by atoms with Gasteiger partial charge in [0.25, 0.3) is 0 Å². The van der Waals surface area contributed by atoms with E-state index in [0.29, 0.717) is 12.6 Å². The number of aliphatic imine (C=N–C) groups is 1. The largest absolute Gasteiger partial charge is 0.357 e. The average molecular weight is 522 g/mol. The Morgan fingerprint density at radius 1 is 1.11 bits per heavy atom. The minimum Gasteiger partial charge on any atom is -0.357 e. The second-order valence-corrected chi connectivity index (χ2v) is 10.2. The fraction of sp³-hybridized carbons (Fsp3) is 0.667. The molecule has 1 aromatic rings. The average Bonchev–Trinajstić information content (AvgIpc) is 2.60. The lowest BCUT2D eigenvalue weighted by Gasteiger charge is -2.32. The molecule has 2 rings (SSSR count). The maximum atomic E-state index is 11.4. The second-order valence-electron chi connectivity index (χ2n) is 8.08. The summed E-state index contributed by atoms with van der Waals surface area (Å²) in [5, 5.41) is 6.92. The molecule has 5 nitrogen and oxygen atoms in total. The molecule has 1 fully saturated rings. The Balaban J connectivity index is 0.00000392. The summed E-state index contributed by atoms with van der Waals surface area (Å²) in [4.78, 5) is 4.71. The van der Waals surface area contributed by atoms with Crippen LogP contribution in [0.4, 0.5) is 0 Å². The highest BCUT2D eigenvalue weighted by atomic mass is 127. The van der Waals surface area contributed by atoms with Crippen LogP contribution in [0.25, 0.3) is 0 Å². The number of benzene rings is 1. The van der Waals surface area contributed by atoms with Crippen molar-refractivity contribution in [1.82, 2.24) is 10.6 Å². The van der Waals surface area contributed by atoms with Gasteiger partial charge in [0, 0.05) is 18.8 Å². The highest BCUT2D eigenvalue weighted by Crippen LogP contribution is 2.29. The Hall–Kier alpha value is -0.830. The van der Waals surface area contributed by atoms with Crippen LogP contribution in [0.1, 0.15) is 57.6 Å². The second kappa shape index (κ2) is 12.0. The summed E-state index contributed by atoms with van der Waals surface area (Å²) in [6, 6.07) is 8.16. The zero-order valence-corrected chi connectivity index (χ0v) is 20.7. The molecule has 2 N–H and O–H groups in total. The first-order valence-corrected chi connectivity index (χ1v) is 12.1. The lowest BCUT2D eigenvalue weighted by Crippen LogP contribution is -2.45. The number of hydrogen-bond donors (Lipinski definition) is 2. The summed E-state index contributed by atoms with van der Waals surface area (Å²) in [6.07, 6.45) is 6.24. The van der Waals surface area contributed by atoms with Crippen LogP contribution < -0.4 is 10.6 Å². The van der Waals surface area contributed by atoms with E-state index in [4.69, 9.17) is 4.99 Å². The van der Waals surface area contributed by atoms with Gasteiger partial charge in [-0.15, -0.1) is 24.0 Å². The topological polar surface area (TPSA) is 70.6 Å². The van der Waals surface area contributed by atoms with Crippen LogP contribution in [-0.2, 0) is 22.1 Å². The Kier molecular flexibility index (Phi) is 10.8. The van der Waals surface area contributed by atoms with Gasteiger partial charge in [-0.05, 0) is 55.6 Å². The third-order valence-corrected chi connectivity index (χ3v) is 6.13. The minimum atomic E-state index is -3.00. The van der Waals surface area contributed by atoms with Crippen LogP contribution >= 0.6 is 24.0 Å². The predicted octanol–water partition coefficient (Wildman–Crippen LogP) is 4.12. The normalized spacial score (nSPS) is 20.5. The minimum absolute atomic E-state index is 0. The van der Waals surface area contributed by atoms with Crippen LogP contribution in [0.3, 0.4) is 0 Å². The summed E-state index contributed by atoms with van der Waals surface area (Å²) in [5.41, 5.74) is 1.89. The van der Waals surface area contributed by atoms with Gasteiger partial charge in [0.2, 0.25) is 0 Å². The first-order valence-electron chi connectivity index (χ1n) is 10.1. The Morgan fingerprint density at radius 2 is 1.68 bits per heavy atom. The molecular formula is C21H36IN3O2S. The summed E-state index contributed by atoms with van der Waals surface area (Å²) >= 11 is 0. The highest BCUT2D eigenvalue weighted by molar-refractivity contribution is 14.0. The van der Waals surface area contributed by atoms with Gasteiger partial charge in [0.15, 0.2) is 15.8 Å². The smallest absolute Gasteiger partial charge is 0.191 e. The molecule has 0 amide bonds. The number of nitrogens with zero attached hydrogens (tertiary/aromatic N) is 1. The van der Waals surface area contributed by atoms with Crippen molar-refractivity contribution in [1.29, 1.82) is 0 Å². The van der Waals surface area contributed by atoms with Crippen molar-refractivity contribution >= 4 is 39.8 Å². The summed E-state index contributed by atoms with van der Waals surface area (Å²) in [7, 11) is -3.00. The van der Waals surface area contributed by atoms with Gasteiger partial charge in [-0.25, -0.2) is 13.4 Å². The molecule has 0 spiro atoms. The molecular weight excluding hydrogens is 485 g/mol. The lowest BCUT2D eigenvalue weighted by atomic mass is 9.80. The maximum absolute atomic E-state index is 11.4. The molecule has 0 atom stereocenters. The monoisotopic (exact) mass is 521 g/mol. The fourth-order valence-electron chi connectivity index (χ4n) is 3.66. The predicted molar refractivity (Wildman–Crippen MR) is 129 cm³/mol. The quantitative estimate of drug-likeness (QED) is 0.322. The molecule has 1 saturated carbocycles. The highest BCUT2D eigenvalue weighted by Gasteiger charge is 2.23. The van der Waals surface area contributed by atoms with E-state index in [9.17, 15) is 8.42 Å². The van der Waals surface area contributed by atoms with Crippen molar-refractivity contribution in [3.63, 3.8) is 0 Å². The molecule has 1 aliphatic carbocycles. The SMILES string of the molecule is CCNC(=NCc1ccc(CS(C)(=O)=O)cc1)NC1CCC(C(C)C)CC1.I. The molecule has 160 valence electrons. The van der Waals surface area contributed by atoms with E-state index < -0.39 is 9.84 Å².